The molecular formula is C38H67NO5. The number of aliphatic hydroxyl groups excluding tert-OH is 1. The van der Waals surface area contributed by atoms with Crippen LogP contribution < -0.4 is 5.32 Å². The standard InChI is InChI=1S/C38H67NO5/c1-3-5-7-9-11-13-14-16-18-20-25-29-38(42)44-36(28-24-19-17-15-12-10-8-6-4-2)30-37(41)39-35(31-40)33-43-32-34-26-22-21-23-27-34/h21-23,26-27,35-36,40H,3-20,24-25,28-33H2,1-2H3,(H,39,41). The Morgan fingerprint density at radius 3 is 1.73 bits per heavy atom. The molecule has 2 N–H and O–H groups in total. The molecule has 0 heterocycles. The third-order valence-corrected chi connectivity index (χ3v) is 8.34. The highest BCUT2D eigenvalue weighted by molar-refractivity contribution is 5.77. The van der Waals surface area contributed by atoms with Gasteiger partial charge in [0.1, 0.15) is 6.10 Å². The lowest BCUT2D eigenvalue weighted by molar-refractivity contribution is -0.151. The summed E-state index contributed by atoms with van der Waals surface area (Å²) < 4.78 is 11.6. The summed E-state index contributed by atoms with van der Waals surface area (Å²) in [7, 11) is 0. The van der Waals surface area contributed by atoms with E-state index in [0.29, 0.717) is 19.4 Å². The van der Waals surface area contributed by atoms with Gasteiger partial charge in [-0.05, 0) is 24.8 Å². The van der Waals surface area contributed by atoms with Crippen molar-refractivity contribution in [1.82, 2.24) is 5.32 Å². The molecule has 2 atom stereocenters. The monoisotopic (exact) mass is 618 g/mol. The number of unbranched alkanes of at least 4 members (excludes halogenated alkanes) is 18. The Morgan fingerprint density at radius 1 is 0.705 bits per heavy atom. The first-order valence-corrected chi connectivity index (χ1v) is 18.3. The molecule has 0 fully saturated rings. The third kappa shape index (κ3) is 24.4. The number of rotatable bonds is 31. The number of hydrogen-bond acceptors (Lipinski definition) is 5. The number of carbonyl (C=O) groups excluding carboxylic acids is 2. The van der Waals surface area contributed by atoms with Crippen LogP contribution in [0.4, 0.5) is 0 Å². The zero-order valence-corrected chi connectivity index (χ0v) is 28.5. The fourth-order valence-electron chi connectivity index (χ4n) is 5.59. The first kappa shape index (κ1) is 40.1. The van der Waals surface area contributed by atoms with Crippen molar-refractivity contribution >= 4 is 11.9 Å². The second-order valence-electron chi connectivity index (χ2n) is 12.7. The van der Waals surface area contributed by atoms with E-state index in [1.54, 1.807) is 0 Å². The van der Waals surface area contributed by atoms with Crippen molar-refractivity contribution in [2.75, 3.05) is 13.2 Å². The quantitative estimate of drug-likeness (QED) is 0.0640. The van der Waals surface area contributed by atoms with E-state index >= 15 is 0 Å². The maximum Gasteiger partial charge on any atom is 0.306 e. The molecule has 0 bridgehead atoms. The summed E-state index contributed by atoms with van der Waals surface area (Å²) in [6.45, 7) is 4.93. The topological polar surface area (TPSA) is 84.9 Å². The van der Waals surface area contributed by atoms with Crippen molar-refractivity contribution in [2.45, 2.75) is 180 Å². The maximum atomic E-state index is 12.9. The lowest BCUT2D eigenvalue weighted by Gasteiger charge is -2.21. The second-order valence-corrected chi connectivity index (χ2v) is 12.7. The number of esters is 1. The van der Waals surface area contributed by atoms with Crippen molar-refractivity contribution in [3.05, 3.63) is 35.9 Å². The van der Waals surface area contributed by atoms with Gasteiger partial charge in [0.05, 0.1) is 32.3 Å². The Kier molecular flexibility index (Phi) is 27.1. The van der Waals surface area contributed by atoms with Crippen molar-refractivity contribution < 1.29 is 24.2 Å². The number of aliphatic hydroxyl groups is 1. The average Bonchev–Trinajstić information content (AvgIpc) is 3.02. The second kappa shape index (κ2) is 29.8. The van der Waals surface area contributed by atoms with E-state index in [4.69, 9.17) is 9.47 Å². The van der Waals surface area contributed by atoms with Gasteiger partial charge >= 0.3 is 5.97 Å². The molecule has 1 amide bonds. The smallest absolute Gasteiger partial charge is 0.306 e. The number of ether oxygens (including phenoxy) is 2. The largest absolute Gasteiger partial charge is 0.462 e. The summed E-state index contributed by atoms with van der Waals surface area (Å²) in [5, 5.41) is 12.7. The summed E-state index contributed by atoms with van der Waals surface area (Å²) in [4.78, 5) is 25.6. The number of carbonyl (C=O) groups is 2. The van der Waals surface area contributed by atoms with Crippen LogP contribution in [0.25, 0.3) is 0 Å². The molecule has 1 aromatic rings. The number of hydrogen-bond donors (Lipinski definition) is 2. The van der Waals surface area contributed by atoms with Gasteiger partial charge in [0.15, 0.2) is 0 Å². The van der Waals surface area contributed by atoms with Crippen LogP contribution in [-0.2, 0) is 25.7 Å². The van der Waals surface area contributed by atoms with Crippen LogP contribution in [0, 0.1) is 0 Å². The van der Waals surface area contributed by atoms with Crippen molar-refractivity contribution in [1.29, 1.82) is 0 Å². The Bertz CT molecular complexity index is 787. The molecule has 254 valence electrons. The lowest BCUT2D eigenvalue weighted by Crippen LogP contribution is -2.42. The van der Waals surface area contributed by atoms with E-state index in [-0.39, 0.29) is 31.5 Å². The summed E-state index contributed by atoms with van der Waals surface area (Å²) in [6, 6.07) is 9.33. The van der Waals surface area contributed by atoms with Gasteiger partial charge in [-0.15, -0.1) is 0 Å². The maximum absolute atomic E-state index is 12.9. The number of benzene rings is 1. The van der Waals surface area contributed by atoms with Gasteiger partial charge < -0.3 is 19.9 Å². The molecule has 2 unspecified atom stereocenters. The minimum absolute atomic E-state index is 0.121. The molecule has 0 saturated heterocycles. The van der Waals surface area contributed by atoms with Crippen LogP contribution in [-0.4, -0.2) is 42.3 Å². The summed E-state index contributed by atoms with van der Waals surface area (Å²) in [5.74, 6) is -0.407. The third-order valence-electron chi connectivity index (χ3n) is 8.34. The van der Waals surface area contributed by atoms with Crippen LogP contribution in [0.2, 0.25) is 0 Å². The van der Waals surface area contributed by atoms with Gasteiger partial charge in [0, 0.05) is 6.42 Å². The number of amides is 1. The minimum Gasteiger partial charge on any atom is -0.462 e. The van der Waals surface area contributed by atoms with Gasteiger partial charge in [0.25, 0.3) is 0 Å². The average molecular weight is 618 g/mol. The van der Waals surface area contributed by atoms with E-state index in [1.165, 1.54) is 103 Å². The Morgan fingerprint density at radius 2 is 1.20 bits per heavy atom. The normalized spacial score (nSPS) is 12.6. The Hall–Kier alpha value is -1.92. The lowest BCUT2D eigenvalue weighted by atomic mass is 10.0. The van der Waals surface area contributed by atoms with Crippen LogP contribution in [0.1, 0.15) is 167 Å². The van der Waals surface area contributed by atoms with Crippen LogP contribution >= 0.6 is 0 Å². The highest BCUT2D eigenvalue weighted by Crippen LogP contribution is 2.17. The molecule has 0 aliphatic carbocycles. The van der Waals surface area contributed by atoms with Gasteiger partial charge in [-0.2, -0.15) is 0 Å². The van der Waals surface area contributed by atoms with E-state index in [9.17, 15) is 14.7 Å². The zero-order valence-electron chi connectivity index (χ0n) is 28.5. The molecular weight excluding hydrogens is 550 g/mol. The first-order chi connectivity index (χ1) is 21.6. The minimum atomic E-state index is -0.494. The van der Waals surface area contributed by atoms with Crippen LogP contribution in [0.5, 0.6) is 0 Å². The molecule has 1 aromatic carbocycles. The SMILES string of the molecule is CCCCCCCCCCCCCC(=O)OC(CCCCCCCCCCC)CC(=O)NC(CO)COCc1ccccc1. The molecule has 0 spiro atoms. The molecule has 1 rings (SSSR count). The van der Waals surface area contributed by atoms with Crippen LogP contribution in [0.15, 0.2) is 30.3 Å². The highest BCUT2D eigenvalue weighted by Gasteiger charge is 2.20. The van der Waals surface area contributed by atoms with Crippen molar-refractivity contribution in [3.8, 4) is 0 Å². The highest BCUT2D eigenvalue weighted by atomic mass is 16.5. The van der Waals surface area contributed by atoms with E-state index < -0.39 is 12.1 Å². The summed E-state index contributed by atoms with van der Waals surface area (Å²) in [6.07, 6.45) is 25.4. The van der Waals surface area contributed by atoms with E-state index in [1.807, 2.05) is 30.3 Å². The van der Waals surface area contributed by atoms with Crippen molar-refractivity contribution in [2.24, 2.45) is 0 Å². The summed E-state index contributed by atoms with van der Waals surface area (Å²) in [5.41, 5.74) is 1.04. The van der Waals surface area contributed by atoms with Gasteiger partial charge in [-0.25, -0.2) is 0 Å². The fourth-order valence-corrected chi connectivity index (χ4v) is 5.59. The molecule has 6 nitrogen and oxygen atoms in total. The van der Waals surface area contributed by atoms with Crippen molar-refractivity contribution in [3.63, 3.8) is 0 Å². The summed E-state index contributed by atoms with van der Waals surface area (Å²) >= 11 is 0. The molecule has 0 aromatic heterocycles. The van der Waals surface area contributed by atoms with Gasteiger partial charge in [-0.3, -0.25) is 9.59 Å². The number of nitrogens with one attached hydrogen (secondary N) is 1. The molecule has 0 aliphatic heterocycles. The fraction of sp³-hybridized carbons (Fsp3) is 0.789. The van der Waals surface area contributed by atoms with Crippen LogP contribution in [0.3, 0.4) is 0 Å². The molecule has 0 saturated carbocycles. The first-order valence-electron chi connectivity index (χ1n) is 18.3. The predicted octanol–water partition coefficient (Wildman–Crippen LogP) is 9.60. The Labute approximate surface area is 270 Å². The van der Waals surface area contributed by atoms with E-state index in [2.05, 4.69) is 19.2 Å². The van der Waals surface area contributed by atoms with E-state index in [0.717, 1.165) is 31.2 Å². The molecule has 0 radical (unpaired) electrons. The van der Waals surface area contributed by atoms with Gasteiger partial charge in [-0.1, -0.05) is 160 Å². The predicted molar refractivity (Wildman–Crippen MR) is 183 cm³/mol. The molecule has 6 heteroatoms. The molecule has 0 aliphatic rings. The van der Waals surface area contributed by atoms with Gasteiger partial charge in [0.2, 0.25) is 5.91 Å². The zero-order chi connectivity index (χ0) is 31.9. The molecule has 44 heavy (non-hydrogen) atoms. The Balaban J connectivity index is 2.38.